The van der Waals surface area contributed by atoms with Gasteiger partial charge in [-0.15, -0.1) is 0 Å². The van der Waals surface area contributed by atoms with E-state index < -0.39 is 6.04 Å². The molecule has 2 aliphatic rings. The van der Waals surface area contributed by atoms with E-state index in [-0.39, 0.29) is 11.8 Å². The van der Waals surface area contributed by atoms with Crippen LogP contribution in [-0.4, -0.2) is 41.7 Å². The quantitative estimate of drug-likeness (QED) is 0.568. The van der Waals surface area contributed by atoms with Crippen molar-refractivity contribution >= 4 is 29.3 Å². The van der Waals surface area contributed by atoms with E-state index in [1.54, 1.807) is 34.9 Å². The first-order valence-corrected chi connectivity index (χ1v) is 12.1. The molecule has 0 bridgehead atoms. The van der Waals surface area contributed by atoms with Crippen LogP contribution in [0.5, 0.6) is 11.5 Å². The molecule has 0 aromatic heterocycles. The Hall–Kier alpha value is -3.45. The van der Waals surface area contributed by atoms with Crippen LogP contribution < -0.4 is 14.8 Å². The Labute approximate surface area is 196 Å². The first-order valence-electron chi connectivity index (χ1n) is 10.9. The van der Waals surface area contributed by atoms with E-state index in [4.69, 9.17) is 9.47 Å². The zero-order valence-corrected chi connectivity index (χ0v) is 18.8. The molecule has 0 saturated heterocycles. The standard InChI is InChI=1S/C26H24N2O4S/c29-25(27-20-10-11-23-24(14-20)32-13-12-31-23)22(17-33-16-18-6-2-1-3-7-18)28-15-19-8-4-5-9-21(19)26(28)30/h1-11,14,22H,12-13,15-17H2,(H,27,29). The van der Waals surface area contributed by atoms with Gasteiger partial charge in [-0.05, 0) is 29.3 Å². The predicted octanol–water partition coefficient (Wildman–Crippen LogP) is 4.35. The van der Waals surface area contributed by atoms with E-state index in [9.17, 15) is 9.59 Å². The van der Waals surface area contributed by atoms with Gasteiger partial charge in [0.05, 0.1) is 0 Å². The molecular weight excluding hydrogens is 436 g/mol. The maximum absolute atomic E-state index is 13.4. The molecule has 3 aromatic carbocycles. The van der Waals surface area contributed by atoms with E-state index in [0.717, 1.165) is 11.3 Å². The number of carbonyl (C=O) groups is 2. The van der Waals surface area contributed by atoms with Gasteiger partial charge in [0.15, 0.2) is 11.5 Å². The summed E-state index contributed by atoms with van der Waals surface area (Å²) in [6.45, 7) is 1.42. The van der Waals surface area contributed by atoms with Gasteiger partial charge in [-0.25, -0.2) is 0 Å². The summed E-state index contributed by atoms with van der Waals surface area (Å²) in [4.78, 5) is 28.2. The third-order valence-electron chi connectivity index (χ3n) is 5.73. The Morgan fingerprint density at radius 2 is 1.73 bits per heavy atom. The van der Waals surface area contributed by atoms with Crippen molar-refractivity contribution in [3.05, 3.63) is 89.5 Å². The van der Waals surface area contributed by atoms with E-state index in [1.807, 2.05) is 42.5 Å². The van der Waals surface area contributed by atoms with Gasteiger partial charge >= 0.3 is 0 Å². The number of ether oxygens (including phenoxy) is 2. The molecule has 0 saturated carbocycles. The van der Waals surface area contributed by atoms with E-state index >= 15 is 0 Å². The van der Waals surface area contributed by atoms with Crippen molar-refractivity contribution in [2.45, 2.75) is 18.3 Å². The fourth-order valence-electron chi connectivity index (χ4n) is 4.05. The molecule has 6 nitrogen and oxygen atoms in total. The van der Waals surface area contributed by atoms with Gasteiger partial charge in [-0.1, -0.05) is 48.5 Å². The molecule has 2 heterocycles. The van der Waals surface area contributed by atoms with Crippen LogP contribution in [0.15, 0.2) is 72.8 Å². The van der Waals surface area contributed by atoms with Gasteiger partial charge < -0.3 is 19.7 Å². The third kappa shape index (κ3) is 4.68. The summed E-state index contributed by atoms with van der Waals surface area (Å²) < 4.78 is 11.2. The fourth-order valence-corrected chi connectivity index (χ4v) is 5.15. The second-order valence-corrected chi connectivity index (χ2v) is 8.98. The van der Waals surface area contributed by atoms with Gasteiger partial charge in [0, 0.05) is 35.4 Å². The minimum absolute atomic E-state index is 0.103. The van der Waals surface area contributed by atoms with Crippen molar-refractivity contribution in [1.29, 1.82) is 0 Å². The van der Waals surface area contributed by atoms with Crippen LogP contribution in [0.25, 0.3) is 0 Å². The van der Waals surface area contributed by atoms with Gasteiger partial charge in [-0.2, -0.15) is 11.8 Å². The molecule has 168 valence electrons. The number of carbonyl (C=O) groups excluding carboxylic acids is 2. The number of nitrogens with one attached hydrogen (secondary N) is 1. The highest BCUT2D eigenvalue weighted by atomic mass is 32.2. The molecule has 1 unspecified atom stereocenters. The van der Waals surface area contributed by atoms with Crippen LogP contribution in [0.4, 0.5) is 5.69 Å². The largest absolute Gasteiger partial charge is 0.486 e. The molecule has 0 aliphatic carbocycles. The average Bonchev–Trinajstić information content (AvgIpc) is 3.18. The van der Waals surface area contributed by atoms with Gasteiger partial charge in [0.2, 0.25) is 5.91 Å². The smallest absolute Gasteiger partial charge is 0.255 e. The summed E-state index contributed by atoms with van der Waals surface area (Å²) in [5, 5.41) is 2.98. The number of benzene rings is 3. The topological polar surface area (TPSA) is 67.9 Å². The number of rotatable bonds is 7. The van der Waals surface area contributed by atoms with Crippen molar-refractivity contribution in [2.24, 2.45) is 0 Å². The first-order chi connectivity index (χ1) is 16.2. The Balaban J connectivity index is 1.34. The third-order valence-corrected chi connectivity index (χ3v) is 6.81. The Kier molecular flexibility index (Phi) is 6.21. The van der Waals surface area contributed by atoms with Gasteiger partial charge in [-0.3, -0.25) is 9.59 Å². The van der Waals surface area contributed by atoms with Crippen LogP contribution in [-0.2, 0) is 17.1 Å². The van der Waals surface area contributed by atoms with Crippen molar-refractivity contribution in [3.63, 3.8) is 0 Å². The van der Waals surface area contributed by atoms with Crippen molar-refractivity contribution in [3.8, 4) is 11.5 Å². The first kappa shape index (κ1) is 21.4. The second-order valence-electron chi connectivity index (χ2n) is 7.95. The molecular formula is C26H24N2O4S. The zero-order chi connectivity index (χ0) is 22.6. The predicted molar refractivity (Wildman–Crippen MR) is 129 cm³/mol. The van der Waals surface area contributed by atoms with E-state index in [1.165, 1.54) is 5.56 Å². The molecule has 3 aromatic rings. The molecule has 1 N–H and O–H groups in total. The van der Waals surface area contributed by atoms with Crippen LogP contribution in [0, 0.1) is 0 Å². The number of anilines is 1. The fraction of sp³-hybridized carbons (Fsp3) is 0.231. The van der Waals surface area contributed by atoms with Gasteiger partial charge in [0.25, 0.3) is 5.91 Å². The number of nitrogens with zero attached hydrogens (tertiary/aromatic N) is 1. The molecule has 2 aliphatic heterocycles. The van der Waals surface area contributed by atoms with Crippen molar-refractivity contribution in [2.75, 3.05) is 24.3 Å². The molecule has 1 atom stereocenters. The number of thioether (sulfide) groups is 1. The molecule has 0 spiro atoms. The average molecular weight is 461 g/mol. The lowest BCUT2D eigenvalue weighted by molar-refractivity contribution is -0.119. The molecule has 5 rings (SSSR count). The Morgan fingerprint density at radius 3 is 2.55 bits per heavy atom. The lowest BCUT2D eigenvalue weighted by atomic mass is 10.1. The van der Waals surface area contributed by atoms with Gasteiger partial charge in [0.1, 0.15) is 19.3 Å². The summed E-state index contributed by atoms with van der Waals surface area (Å²) in [6, 6.07) is 22.4. The molecule has 0 radical (unpaired) electrons. The zero-order valence-electron chi connectivity index (χ0n) is 18.0. The van der Waals surface area contributed by atoms with Crippen LogP contribution in [0.2, 0.25) is 0 Å². The van der Waals surface area contributed by atoms with Crippen LogP contribution in [0.1, 0.15) is 21.5 Å². The van der Waals surface area contributed by atoms with Crippen molar-refractivity contribution in [1.82, 2.24) is 4.90 Å². The summed E-state index contributed by atoms with van der Waals surface area (Å²) in [5.74, 6) is 2.22. The van der Waals surface area contributed by atoms with Crippen molar-refractivity contribution < 1.29 is 19.1 Å². The maximum Gasteiger partial charge on any atom is 0.255 e. The summed E-state index contributed by atoms with van der Waals surface area (Å²) in [7, 11) is 0. The van der Waals surface area contributed by atoms with Crippen LogP contribution >= 0.6 is 11.8 Å². The maximum atomic E-state index is 13.4. The highest BCUT2D eigenvalue weighted by Gasteiger charge is 2.36. The highest BCUT2D eigenvalue weighted by Crippen LogP contribution is 2.33. The Bertz CT molecular complexity index is 1170. The highest BCUT2D eigenvalue weighted by molar-refractivity contribution is 7.98. The molecule has 2 amide bonds. The van der Waals surface area contributed by atoms with Crippen LogP contribution in [0.3, 0.4) is 0 Å². The molecule has 0 fully saturated rings. The number of hydrogen-bond acceptors (Lipinski definition) is 5. The summed E-state index contributed by atoms with van der Waals surface area (Å²) in [6.07, 6.45) is 0. The lowest BCUT2D eigenvalue weighted by Crippen LogP contribution is -2.46. The lowest BCUT2D eigenvalue weighted by Gasteiger charge is -2.27. The minimum Gasteiger partial charge on any atom is -0.486 e. The summed E-state index contributed by atoms with van der Waals surface area (Å²) >= 11 is 1.64. The SMILES string of the molecule is O=C(Nc1ccc2c(c1)OCCO2)C(CSCc1ccccc1)N1Cc2ccccc2C1=O. The van der Waals surface area contributed by atoms with E-state index in [2.05, 4.69) is 17.4 Å². The molecule has 33 heavy (non-hydrogen) atoms. The molecule has 7 heteroatoms. The monoisotopic (exact) mass is 460 g/mol. The number of amides is 2. The summed E-state index contributed by atoms with van der Waals surface area (Å²) in [5.41, 5.74) is 3.42. The Morgan fingerprint density at radius 1 is 0.970 bits per heavy atom. The number of hydrogen-bond donors (Lipinski definition) is 1. The number of fused-ring (bicyclic) bond motifs is 2. The minimum atomic E-state index is -0.605. The van der Waals surface area contributed by atoms with E-state index in [0.29, 0.717) is 48.3 Å². The second kappa shape index (κ2) is 9.58. The normalized spacial score (nSPS) is 15.2.